The molecule has 2 atom stereocenters. The maximum absolute atomic E-state index is 11.9. The summed E-state index contributed by atoms with van der Waals surface area (Å²) in [6.07, 6.45) is -0.0772. The first-order valence-electron chi connectivity index (χ1n) is 6.55. The minimum Gasteiger partial charge on any atom is -0.480 e. The highest BCUT2D eigenvalue weighted by atomic mass is 16.5. The Morgan fingerprint density at radius 2 is 2.00 bits per heavy atom. The molecule has 9 nitrogen and oxygen atoms in total. The number of carboxylic acids is 1. The van der Waals surface area contributed by atoms with Crippen LogP contribution < -0.4 is 10.6 Å². The maximum atomic E-state index is 11.9. The molecule has 0 saturated carbocycles. The first-order chi connectivity index (χ1) is 9.99. The minimum atomic E-state index is -1.09. The van der Waals surface area contributed by atoms with E-state index in [9.17, 15) is 14.4 Å². The summed E-state index contributed by atoms with van der Waals surface area (Å²) in [5, 5.41) is 14.0. The summed E-state index contributed by atoms with van der Waals surface area (Å²) in [6.45, 7) is 0.689. The summed E-state index contributed by atoms with van der Waals surface area (Å²) in [5.74, 6) is -1.45. The lowest BCUT2D eigenvalue weighted by molar-refractivity contribution is -0.141. The molecule has 0 bridgehead atoms. The Hall–Kier alpha value is -1.87. The lowest BCUT2D eigenvalue weighted by Gasteiger charge is -2.21. The molecule has 1 aliphatic rings. The number of amides is 3. The summed E-state index contributed by atoms with van der Waals surface area (Å²) in [4.78, 5) is 35.7. The van der Waals surface area contributed by atoms with Crippen LogP contribution in [0, 0.1) is 0 Å². The van der Waals surface area contributed by atoms with E-state index in [1.807, 2.05) is 0 Å². The third-order valence-electron chi connectivity index (χ3n) is 3.17. The van der Waals surface area contributed by atoms with E-state index in [4.69, 9.17) is 14.6 Å². The molecule has 3 amide bonds. The second kappa shape index (κ2) is 8.42. The zero-order chi connectivity index (χ0) is 15.8. The van der Waals surface area contributed by atoms with E-state index in [0.717, 1.165) is 0 Å². The summed E-state index contributed by atoms with van der Waals surface area (Å²) in [7, 11) is 2.98. The fourth-order valence-electron chi connectivity index (χ4n) is 2.04. The smallest absolute Gasteiger partial charge is 0.326 e. The first kappa shape index (κ1) is 17.2. The fourth-order valence-corrected chi connectivity index (χ4v) is 2.04. The average molecular weight is 303 g/mol. The Bertz CT molecular complexity index is 389. The number of carbonyl (C=O) groups is 3. The van der Waals surface area contributed by atoms with E-state index in [1.54, 1.807) is 0 Å². The van der Waals surface area contributed by atoms with Crippen LogP contribution in [0.15, 0.2) is 0 Å². The van der Waals surface area contributed by atoms with Crippen LogP contribution in [0.5, 0.6) is 0 Å². The van der Waals surface area contributed by atoms with Crippen molar-refractivity contribution in [1.29, 1.82) is 0 Å². The van der Waals surface area contributed by atoms with Gasteiger partial charge < -0.3 is 30.1 Å². The monoisotopic (exact) mass is 303 g/mol. The van der Waals surface area contributed by atoms with Crippen LogP contribution in [0.1, 0.15) is 6.42 Å². The molecule has 120 valence electrons. The van der Waals surface area contributed by atoms with Gasteiger partial charge in [-0.05, 0) is 0 Å². The Morgan fingerprint density at radius 1 is 1.29 bits per heavy atom. The van der Waals surface area contributed by atoms with Gasteiger partial charge in [0.05, 0.1) is 19.3 Å². The molecule has 0 radical (unpaired) electrons. The van der Waals surface area contributed by atoms with Gasteiger partial charge in [0.1, 0.15) is 6.04 Å². The highest BCUT2D eigenvalue weighted by Gasteiger charge is 2.39. The Labute approximate surface area is 122 Å². The SMILES string of the molecule is COCCNC(=O)CNC(=O)N1CC(OC)CC1C(=O)O. The second-order valence-corrected chi connectivity index (χ2v) is 4.60. The predicted octanol–water partition coefficient (Wildman–Crippen LogP) is -1.37. The number of aliphatic carboxylic acids is 1. The molecule has 9 heteroatoms. The van der Waals surface area contributed by atoms with Gasteiger partial charge in [0, 0.05) is 33.7 Å². The van der Waals surface area contributed by atoms with Gasteiger partial charge in [0.25, 0.3) is 0 Å². The standard InChI is InChI=1S/C12H21N3O6/c1-20-4-3-13-10(16)6-14-12(19)15-7-8(21-2)5-9(15)11(17)18/h8-9H,3-7H2,1-2H3,(H,13,16)(H,14,19)(H,17,18). The number of rotatable bonds is 7. The van der Waals surface area contributed by atoms with Gasteiger partial charge >= 0.3 is 12.0 Å². The number of nitrogens with one attached hydrogen (secondary N) is 2. The summed E-state index contributed by atoms with van der Waals surface area (Å²) in [6, 6.07) is -1.53. The van der Waals surface area contributed by atoms with Gasteiger partial charge in [0.2, 0.25) is 5.91 Å². The Morgan fingerprint density at radius 3 is 2.57 bits per heavy atom. The number of methoxy groups -OCH3 is 2. The third-order valence-corrected chi connectivity index (χ3v) is 3.17. The van der Waals surface area contributed by atoms with Crippen molar-refractivity contribution in [1.82, 2.24) is 15.5 Å². The number of carboxylic acid groups (broad SMARTS) is 1. The van der Waals surface area contributed by atoms with Crippen LogP contribution in [0.25, 0.3) is 0 Å². The predicted molar refractivity (Wildman–Crippen MR) is 71.8 cm³/mol. The number of likely N-dealkylation sites (tertiary alicyclic amines) is 1. The van der Waals surface area contributed by atoms with Gasteiger partial charge in [0.15, 0.2) is 0 Å². The normalized spacial score (nSPS) is 21.1. The summed E-state index contributed by atoms with van der Waals surface area (Å²) in [5.41, 5.74) is 0. The highest BCUT2D eigenvalue weighted by molar-refractivity contribution is 5.87. The molecular formula is C12H21N3O6. The number of ether oxygens (including phenoxy) is 2. The van der Waals surface area contributed by atoms with Gasteiger partial charge in [-0.25, -0.2) is 9.59 Å². The highest BCUT2D eigenvalue weighted by Crippen LogP contribution is 2.20. The van der Waals surface area contributed by atoms with Crippen molar-refractivity contribution in [3.8, 4) is 0 Å². The molecule has 0 aromatic rings. The van der Waals surface area contributed by atoms with Crippen molar-refractivity contribution in [3.05, 3.63) is 0 Å². The van der Waals surface area contributed by atoms with E-state index < -0.39 is 18.0 Å². The van der Waals surface area contributed by atoms with Crippen molar-refractivity contribution >= 4 is 17.9 Å². The molecule has 0 aromatic heterocycles. The van der Waals surface area contributed by atoms with Gasteiger partial charge in [-0.3, -0.25) is 4.79 Å². The van der Waals surface area contributed by atoms with Crippen molar-refractivity contribution < 1.29 is 29.0 Å². The molecule has 1 saturated heterocycles. The Kier molecular flexibility index (Phi) is 6.89. The molecule has 1 rings (SSSR count). The molecule has 0 spiro atoms. The number of hydrogen-bond acceptors (Lipinski definition) is 5. The second-order valence-electron chi connectivity index (χ2n) is 4.60. The molecule has 1 aliphatic heterocycles. The van der Waals surface area contributed by atoms with Crippen molar-refractivity contribution in [2.24, 2.45) is 0 Å². The van der Waals surface area contributed by atoms with Gasteiger partial charge in [-0.1, -0.05) is 0 Å². The minimum absolute atomic E-state index is 0.185. The van der Waals surface area contributed by atoms with Crippen LogP contribution in [0.4, 0.5) is 4.79 Å². The molecular weight excluding hydrogens is 282 g/mol. The van der Waals surface area contributed by atoms with E-state index >= 15 is 0 Å². The number of carbonyl (C=O) groups excluding carboxylic acids is 2. The quantitative estimate of drug-likeness (QED) is 0.500. The molecule has 1 fully saturated rings. The van der Waals surface area contributed by atoms with E-state index in [0.29, 0.717) is 13.2 Å². The van der Waals surface area contributed by atoms with Crippen molar-refractivity contribution in [3.63, 3.8) is 0 Å². The molecule has 3 N–H and O–H groups in total. The zero-order valence-electron chi connectivity index (χ0n) is 12.1. The number of hydrogen-bond donors (Lipinski definition) is 3. The van der Waals surface area contributed by atoms with E-state index in [-0.39, 0.29) is 31.5 Å². The molecule has 0 aromatic carbocycles. The molecule has 21 heavy (non-hydrogen) atoms. The largest absolute Gasteiger partial charge is 0.480 e. The number of urea groups is 1. The van der Waals surface area contributed by atoms with E-state index in [1.165, 1.54) is 19.1 Å². The average Bonchev–Trinajstić information content (AvgIpc) is 2.89. The lowest BCUT2D eigenvalue weighted by Crippen LogP contribution is -2.48. The molecule has 0 aliphatic carbocycles. The van der Waals surface area contributed by atoms with Crippen LogP contribution in [0.2, 0.25) is 0 Å². The van der Waals surface area contributed by atoms with Gasteiger partial charge in [-0.15, -0.1) is 0 Å². The van der Waals surface area contributed by atoms with E-state index in [2.05, 4.69) is 10.6 Å². The van der Waals surface area contributed by atoms with Crippen LogP contribution in [-0.2, 0) is 19.1 Å². The number of nitrogens with zero attached hydrogens (tertiary/aromatic N) is 1. The van der Waals surface area contributed by atoms with Crippen molar-refractivity contribution in [2.45, 2.75) is 18.6 Å². The van der Waals surface area contributed by atoms with Crippen LogP contribution in [-0.4, -0.2) is 80.5 Å². The summed E-state index contributed by atoms with van der Waals surface area (Å²) >= 11 is 0. The lowest BCUT2D eigenvalue weighted by atomic mass is 10.2. The van der Waals surface area contributed by atoms with Gasteiger partial charge in [-0.2, -0.15) is 0 Å². The van der Waals surface area contributed by atoms with Crippen LogP contribution >= 0.6 is 0 Å². The third kappa shape index (κ3) is 5.20. The van der Waals surface area contributed by atoms with Crippen molar-refractivity contribution in [2.75, 3.05) is 40.5 Å². The maximum Gasteiger partial charge on any atom is 0.326 e. The first-order valence-corrected chi connectivity index (χ1v) is 6.55. The Balaban J connectivity index is 2.43. The molecule has 2 unspecified atom stereocenters. The molecule has 1 heterocycles. The fraction of sp³-hybridized carbons (Fsp3) is 0.750. The zero-order valence-corrected chi connectivity index (χ0v) is 12.1. The van der Waals surface area contributed by atoms with Crippen LogP contribution in [0.3, 0.4) is 0 Å². The topological polar surface area (TPSA) is 117 Å². The summed E-state index contributed by atoms with van der Waals surface area (Å²) < 4.78 is 9.86.